The van der Waals surface area contributed by atoms with Gasteiger partial charge in [0.25, 0.3) is 5.56 Å². The molecule has 0 aliphatic rings. The summed E-state index contributed by atoms with van der Waals surface area (Å²) in [6, 6.07) is 10.9. The first-order chi connectivity index (χ1) is 13.3. The summed E-state index contributed by atoms with van der Waals surface area (Å²) >= 11 is 0. The van der Waals surface area contributed by atoms with Crippen molar-refractivity contribution in [2.45, 2.75) is 17.9 Å². The lowest BCUT2D eigenvalue weighted by Crippen LogP contribution is -2.33. The Morgan fingerprint density at radius 3 is 2.32 bits per heavy atom. The molecule has 0 saturated heterocycles. The number of pyridine rings is 1. The van der Waals surface area contributed by atoms with Gasteiger partial charge in [-0.2, -0.15) is 5.10 Å². The quantitative estimate of drug-likeness (QED) is 0.660. The Kier molecular flexibility index (Phi) is 5.34. The summed E-state index contributed by atoms with van der Waals surface area (Å²) in [6.07, 6.45) is 3.21. The molecule has 28 heavy (non-hydrogen) atoms. The Hall–Kier alpha value is -3.37. The van der Waals surface area contributed by atoms with Gasteiger partial charge in [-0.15, -0.1) is 0 Å². The average molecular weight is 399 g/mol. The van der Waals surface area contributed by atoms with Gasteiger partial charge in [0.2, 0.25) is 15.9 Å². The first kappa shape index (κ1) is 19.4. The van der Waals surface area contributed by atoms with Gasteiger partial charge in [0.15, 0.2) is 0 Å². The minimum Gasteiger partial charge on any atom is -0.324 e. The number of amides is 1. The first-order valence-corrected chi connectivity index (χ1v) is 9.74. The van der Waals surface area contributed by atoms with E-state index in [1.165, 1.54) is 30.3 Å². The Labute approximate surface area is 160 Å². The van der Waals surface area contributed by atoms with Gasteiger partial charge in [0.05, 0.1) is 10.6 Å². The van der Waals surface area contributed by atoms with E-state index in [1.54, 1.807) is 37.5 Å². The van der Waals surface area contributed by atoms with E-state index < -0.39 is 27.5 Å². The summed E-state index contributed by atoms with van der Waals surface area (Å²) in [4.78, 5) is 28.6. The number of primary sulfonamides is 1. The lowest BCUT2D eigenvalue weighted by atomic mass is 10.2. The van der Waals surface area contributed by atoms with Crippen molar-refractivity contribution in [3.05, 3.63) is 71.3 Å². The molecule has 2 heterocycles. The van der Waals surface area contributed by atoms with Crippen LogP contribution in [-0.4, -0.2) is 29.1 Å². The summed E-state index contributed by atoms with van der Waals surface area (Å²) < 4.78 is 23.7. The Morgan fingerprint density at radius 1 is 1.07 bits per heavy atom. The number of nitrogens with two attached hydrogens (primary N) is 1. The molecular weight excluding hydrogens is 382 g/mol. The third kappa shape index (κ3) is 4.30. The molecule has 1 amide bonds. The lowest BCUT2D eigenvalue weighted by Gasteiger charge is -2.15. The highest BCUT2D eigenvalue weighted by atomic mass is 32.2. The van der Waals surface area contributed by atoms with E-state index in [1.807, 2.05) is 0 Å². The van der Waals surface area contributed by atoms with Crippen molar-refractivity contribution in [1.82, 2.24) is 14.8 Å². The van der Waals surface area contributed by atoms with E-state index in [9.17, 15) is 18.0 Å². The molecule has 0 saturated carbocycles. The number of anilines is 1. The van der Waals surface area contributed by atoms with E-state index in [2.05, 4.69) is 15.4 Å². The van der Waals surface area contributed by atoms with Crippen LogP contribution in [0.3, 0.4) is 0 Å². The molecule has 2 aromatic heterocycles. The topological polar surface area (TPSA) is 137 Å². The molecule has 3 aromatic rings. The van der Waals surface area contributed by atoms with Gasteiger partial charge in [-0.3, -0.25) is 14.6 Å². The van der Waals surface area contributed by atoms with Crippen LogP contribution in [0.15, 0.2) is 70.6 Å². The largest absolute Gasteiger partial charge is 0.324 e. The summed E-state index contributed by atoms with van der Waals surface area (Å²) in [7, 11) is -3.82. The van der Waals surface area contributed by atoms with E-state index in [0.717, 1.165) is 10.2 Å². The number of hydrogen-bond donors (Lipinski definition) is 2. The molecule has 9 nitrogen and oxygen atoms in total. The van der Waals surface area contributed by atoms with Crippen LogP contribution >= 0.6 is 0 Å². The van der Waals surface area contributed by atoms with E-state index in [0.29, 0.717) is 11.4 Å². The van der Waals surface area contributed by atoms with Crippen LogP contribution in [0.25, 0.3) is 11.3 Å². The number of hydrogen-bond acceptors (Lipinski definition) is 6. The molecule has 3 N–H and O–H groups in total. The van der Waals surface area contributed by atoms with Gasteiger partial charge in [-0.05, 0) is 49.4 Å². The second-order valence-corrected chi connectivity index (χ2v) is 7.53. The zero-order valence-electron chi connectivity index (χ0n) is 14.8. The smallest absolute Gasteiger partial charge is 0.267 e. The van der Waals surface area contributed by atoms with Crippen molar-refractivity contribution in [3.8, 4) is 11.3 Å². The molecule has 1 atom stereocenters. The van der Waals surface area contributed by atoms with Crippen LogP contribution in [-0.2, 0) is 14.8 Å². The fourth-order valence-corrected chi connectivity index (χ4v) is 2.98. The maximum Gasteiger partial charge on any atom is 0.267 e. The number of aromatic nitrogens is 3. The second kappa shape index (κ2) is 7.71. The second-order valence-electron chi connectivity index (χ2n) is 5.97. The van der Waals surface area contributed by atoms with Gasteiger partial charge in [0, 0.05) is 29.7 Å². The molecule has 10 heteroatoms. The number of carbonyl (C=O) groups excluding carboxylic acids is 1. The highest BCUT2D eigenvalue weighted by Crippen LogP contribution is 2.16. The molecule has 0 aliphatic heterocycles. The third-order valence-corrected chi connectivity index (χ3v) is 4.93. The molecule has 1 unspecified atom stereocenters. The van der Waals surface area contributed by atoms with Gasteiger partial charge >= 0.3 is 0 Å². The highest BCUT2D eigenvalue weighted by molar-refractivity contribution is 7.89. The maximum atomic E-state index is 12.5. The Morgan fingerprint density at radius 2 is 1.71 bits per heavy atom. The molecule has 0 fully saturated rings. The molecule has 0 bridgehead atoms. The zero-order valence-corrected chi connectivity index (χ0v) is 15.6. The highest BCUT2D eigenvalue weighted by Gasteiger charge is 2.18. The minimum atomic E-state index is -3.82. The first-order valence-electron chi connectivity index (χ1n) is 8.20. The van der Waals surface area contributed by atoms with Crippen LogP contribution in [0.5, 0.6) is 0 Å². The number of sulfonamides is 1. The minimum absolute atomic E-state index is 0.0681. The lowest BCUT2D eigenvalue weighted by molar-refractivity contribution is -0.119. The SMILES string of the molecule is CC(C(=O)Nc1ccc(S(N)(=O)=O)cc1)n1nc(-c2ccncc2)ccc1=O. The summed E-state index contributed by atoms with van der Waals surface area (Å²) in [5, 5.41) is 11.9. The van der Waals surface area contributed by atoms with E-state index in [-0.39, 0.29) is 4.90 Å². The van der Waals surface area contributed by atoms with E-state index >= 15 is 0 Å². The molecule has 1 aromatic carbocycles. The number of nitrogens with zero attached hydrogens (tertiary/aromatic N) is 3. The maximum absolute atomic E-state index is 12.5. The predicted octanol–water partition coefficient (Wildman–Crippen LogP) is 1.15. The van der Waals surface area contributed by atoms with Crippen molar-refractivity contribution in [1.29, 1.82) is 0 Å². The molecule has 3 rings (SSSR count). The van der Waals surface area contributed by atoms with Crippen molar-refractivity contribution in [2.24, 2.45) is 5.14 Å². The van der Waals surface area contributed by atoms with Crippen LogP contribution in [0.1, 0.15) is 13.0 Å². The van der Waals surface area contributed by atoms with Crippen LogP contribution in [0, 0.1) is 0 Å². The predicted molar refractivity (Wildman–Crippen MR) is 103 cm³/mol. The van der Waals surface area contributed by atoms with Gasteiger partial charge in [-0.25, -0.2) is 18.2 Å². The summed E-state index contributed by atoms with van der Waals surface area (Å²) in [5.41, 5.74) is 1.22. The van der Waals surface area contributed by atoms with Crippen molar-refractivity contribution < 1.29 is 13.2 Å². The van der Waals surface area contributed by atoms with Crippen molar-refractivity contribution in [2.75, 3.05) is 5.32 Å². The van der Waals surface area contributed by atoms with E-state index in [4.69, 9.17) is 5.14 Å². The fourth-order valence-electron chi connectivity index (χ4n) is 2.47. The molecular formula is C18H17N5O4S. The van der Waals surface area contributed by atoms with Gasteiger partial charge < -0.3 is 5.32 Å². The number of nitrogens with one attached hydrogen (secondary N) is 1. The number of benzene rings is 1. The number of carbonyl (C=O) groups is 1. The standard InChI is InChI=1S/C18H17N5O4S/c1-12(18(25)21-14-2-4-15(5-3-14)28(19,26)27)23-17(24)7-6-16(22-23)13-8-10-20-11-9-13/h2-12H,1H3,(H,21,25)(H2,19,26,27). The van der Waals surface area contributed by atoms with Crippen LogP contribution < -0.4 is 16.0 Å². The third-order valence-electron chi connectivity index (χ3n) is 4.00. The molecule has 0 spiro atoms. The average Bonchev–Trinajstić information content (AvgIpc) is 2.68. The normalized spacial score (nSPS) is 12.4. The number of rotatable bonds is 5. The van der Waals surface area contributed by atoms with Gasteiger partial charge in [0.1, 0.15) is 6.04 Å². The monoisotopic (exact) mass is 399 g/mol. The fraction of sp³-hybridized carbons (Fsp3) is 0.111. The van der Waals surface area contributed by atoms with Gasteiger partial charge in [-0.1, -0.05) is 0 Å². The molecule has 0 aliphatic carbocycles. The summed E-state index contributed by atoms with van der Waals surface area (Å²) in [6.45, 7) is 1.54. The van der Waals surface area contributed by atoms with Crippen molar-refractivity contribution in [3.63, 3.8) is 0 Å². The van der Waals surface area contributed by atoms with Crippen LogP contribution in [0.4, 0.5) is 5.69 Å². The molecule has 144 valence electrons. The van der Waals surface area contributed by atoms with Crippen molar-refractivity contribution >= 4 is 21.6 Å². The summed E-state index contributed by atoms with van der Waals surface area (Å²) in [5.74, 6) is -0.482. The Balaban J connectivity index is 1.82. The van der Waals surface area contributed by atoms with Crippen LogP contribution in [0.2, 0.25) is 0 Å². The molecule has 0 radical (unpaired) electrons. The Bertz CT molecular complexity index is 1160. The zero-order chi connectivity index (χ0) is 20.3.